The van der Waals surface area contributed by atoms with Gasteiger partial charge >= 0.3 is 0 Å². The minimum atomic E-state index is -1.09. The number of aromatic hydroxyl groups is 1. The van der Waals surface area contributed by atoms with Crippen LogP contribution in [0.25, 0.3) is 0 Å². The molecule has 0 fully saturated rings. The highest BCUT2D eigenvalue weighted by Gasteiger charge is 2.36. The molecule has 1 heterocycles. The molecule has 1 aromatic heterocycles. The molecule has 0 saturated heterocycles. The molecule has 6 N–H and O–H groups in total. The van der Waals surface area contributed by atoms with Gasteiger partial charge in [-0.25, -0.2) is 0 Å². The van der Waals surface area contributed by atoms with Crippen LogP contribution >= 0.6 is 11.5 Å². The van der Waals surface area contributed by atoms with E-state index in [0.717, 1.165) is 23.5 Å². The molecule has 0 aliphatic carbocycles. The first-order valence-corrected chi connectivity index (χ1v) is 12.8. The van der Waals surface area contributed by atoms with E-state index < -0.39 is 23.8 Å². The number of rotatable bonds is 10. The summed E-state index contributed by atoms with van der Waals surface area (Å²) < 4.78 is 3.97. The van der Waals surface area contributed by atoms with Crippen molar-refractivity contribution in [2.75, 3.05) is 17.2 Å². The molecule has 3 aromatic rings. The van der Waals surface area contributed by atoms with E-state index in [-0.39, 0.29) is 27.9 Å². The number of hydrogen-bond donors (Lipinski definition) is 4. The van der Waals surface area contributed by atoms with Gasteiger partial charge in [-0.15, -0.1) is 0 Å². The van der Waals surface area contributed by atoms with Gasteiger partial charge in [-0.2, -0.15) is 4.37 Å². The maximum absolute atomic E-state index is 14.0. The number of phenols is 1. The van der Waals surface area contributed by atoms with Gasteiger partial charge in [0.25, 0.3) is 11.8 Å². The van der Waals surface area contributed by atoms with Gasteiger partial charge in [0.2, 0.25) is 5.91 Å². The maximum Gasteiger partial charge on any atom is 0.273 e. The highest BCUT2D eigenvalue weighted by Crippen LogP contribution is 2.34. The Labute approximate surface area is 220 Å². The molecule has 2 aromatic carbocycles. The Balaban J connectivity index is 2.16. The number of nitrogens with zero attached hydrogens (tertiary/aromatic N) is 2. The molecule has 1 atom stereocenters. The number of hydrogen-bond acceptors (Lipinski definition) is 7. The molecular formula is C27H33N5O4S. The van der Waals surface area contributed by atoms with Gasteiger partial charge in [0.05, 0.1) is 5.69 Å². The second-order valence-electron chi connectivity index (χ2n) is 9.53. The molecule has 0 spiro atoms. The van der Waals surface area contributed by atoms with Gasteiger partial charge in [0, 0.05) is 12.2 Å². The van der Waals surface area contributed by atoms with Crippen LogP contribution in [0.2, 0.25) is 0 Å². The molecule has 3 rings (SSSR count). The Bertz CT molecular complexity index is 1250. The highest BCUT2D eigenvalue weighted by atomic mass is 32.1. The minimum Gasteiger partial charge on any atom is -0.508 e. The molecule has 196 valence electrons. The fraction of sp³-hybridized carbons (Fsp3) is 0.333. The molecule has 0 aliphatic rings. The summed E-state index contributed by atoms with van der Waals surface area (Å²) in [6.45, 7) is 8.65. The molecule has 0 aliphatic heterocycles. The lowest BCUT2D eigenvalue weighted by Gasteiger charge is -2.31. The van der Waals surface area contributed by atoms with Gasteiger partial charge < -0.3 is 21.9 Å². The molecule has 3 amide bonds. The summed E-state index contributed by atoms with van der Waals surface area (Å²) in [5.74, 6) is -1.18. The summed E-state index contributed by atoms with van der Waals surface area (Å²) >= 11 is 0.753. The standard InChI is InChI=1S/C27H33N5O4S/c1-15(2)13-14-30-26(35)23(18-7-11-20(33)12-8-18)32(19-9-5-17(6-10-19)16(3)4)27(36)24-21(28)22(25(29)34)31-37-24/h5-12,15-16,23,33H,13-14,28H2,1-4H3,(H2,29,34)(H,30,35)/t23-/m1/s1. The van der Waals surface area contributed by atoms with E-state index in [1.54, 1.807) is 24.3 Å². The van der Waals surface area contributed by atoms with Crippen molar-refractivity contribution in [3.8, 4) is 5.75 Å². The van der Waals surface area contributed by atoms with Crippen molar-refractivity contribution < 1.29 is 19.5 Å². The monoisotopic (exact) mass is 523 g/mol. The largest absolute Gasteiger partial charge is 0.508 e. The molecule has 0 bridgehead atoms. The second kappa shape index (κ2) is 11.9. The summed E-state index contributed by atoms with van der Waals surface area (Å²) in [5, 5.41) is 12.8. The zero-order valence-corrected chi connectivity index (χ0v) is 22.2. The van der Waals surface area contributed by atoms with Gasteiger partial charge in [-0.1, -0.05) is 52.0 Å². The van der Waals surface area contributed by atoms with E-state index in [9.17, 15) is 19.5 Å². The predicted molar refractivity (Wildman–Crippen MR) is 146 cm³/mol. The number of nitrogens with one attached hydrogen (secondary N) is 1. The normalized spacial score (nSPS) is 11.9. The summed E-state index contributed by atoms with van der Waals surface area (Å²) in [6, 6.07) is 12.4. The molecular weight excluding hydrogens is 490 g/mol. The van der Waals surface area contributed by atoms with Crippen molar-refractivity contribution in [3.63, 3.8) is 0 Å². The van der Waals surface area contributed by atoms with Gasteiger partial charge in [-0.05, 0) is 65.2 Å². The Morgan fingerprint density at radius 3 is 2.11 bits per heavy atom. The van der Waals surface area contributed by atoms with Gasteiger partial charge in [0.15, 0.2) is 5.69 Å². The fourth-order valence-corrected chi connectivity index (χ4v) is 4.54. The average Bonchev–Trinajstić information content (AvgIpc) is 3.24. The van der Waals surface area contributed by atoms with Gasteiger partial charge in [-0.3, -0.25) is 19.3 Å². The molecule has 9 nitrogen and oxygen atoms in total. The van der Waals surface area contributed by atoms with Crippen molar-refractivity contribution in [1.82, 2.24) is 9.69 Å². The quantitative estimate of drug-likeness (QED) is 0.312. The van der Waals surface area contributed by atoms with E-state index in [4.69, 9.17) is 11.5 Å². The van der Waals surface area contributed by atoms with Crippen molar-refractivity contribution in [2.24, 2.45) is 11.7 Å². The fourth-order valence-electron chi connectivity index (χ4n) is 3.80. The second-order valence-corrected chi connectivity index (χ2v) is 10.3. The third-order valence-corrected chi connectivity index (χ3v) is 6.80. The zero-order chi connectivity index (χ0) is 27.3. The number of nitrogen functional groups attached to an aromatic ring is 1. The minimum absolute atomic E-state index is 0.000458. The number of phenolic OH excluding ortho intramolecular Hbond substituents is 1. The summed E-state index contributed by atoms with van der Waals surface area (Å²) in [7, 11) is 0. The van der Waals surface area contributed by atoms with Crippen LogP contribution in [-0.2, 0) is 4.79 Å². The first-order chi connectivity index (χ1) is 17.5. The Hall–Kier alpha value is -3.92. The number of carbonyl (C=O) groups excluding carboxylic acids is 3. The van der Waals surface area contributed by atoms with Crippen molar-refractivity contribution in [3.05, 3.63) is 70.2 Å². The molecule has 0 radical (unpaired) electrons. The van der Waals surface area contributed by atoms with Gasteiger partial charge in [0.1, 0.15) is 16.7 Å². The molecule has 0 unspecified atom stereocenters. The van der Waals surface area contributed by atoms with E-state index in [1.165, 1.54) is 17.0 Å². The summed E-state index contributed by atoms with van der Waals surface area (Å²) in [5.41, 5.74) is 13.2. The lowest BCUT2D eigenvalue weighted by molar-refractivity contribution is -0.122. The SMILES string of the molecule is CC(C)CCNC(=O)[C@@H](c1ccc(O)cc1)N(C(=O)c1snc(C(N)=O)c1N)c1ccc(C(C)C)cc1. The van der Waals surface area contributed by atoms with E-state index in [1.807, 2.05) is 12.1 Å². The number of primary amides is 1. The van der Waals surface area contributed by atoms with Crippen LogP contribution in [-0.4, -0.2) is 33.7 Å². The third-order valence-electron chi connectivity index (χ3n) is 5.95. The Kier molecular flexibility index (Phi) is 8.88. The first-order valence-electron chi connectivity index (χ1n) is 12.1. The lowest BCUT2D eigenvalue weighted by atomic mass is 10.00. The molecule has 37 heavy (non-hydrogen) atoms. The van der Waals surface area contributed by atoms with Crippen LogP contribution in [0.15, 0.2) is 48.5 Å². The van der Waals surface area contributed by atoms with Crippen LogP contribution in [0.1, 0.15) is 77.4 Å². The maximum atomic E-state index is 14.0. The average molecular weight is 524 g/mol. The topological polar surface area (TPSA) is 152 Å². The smallest absolute Gasteiger partial charge is 0.273 e. The Morgan fingerprint density at radius 1 is 1.00 bits per heavy atom. The number of nitrogens with two attached hydrogens (primary N) is 2. The van der Waals surface area contributed by atoms with Crippen LogP contribution < -0.4 is 21.7 Å². The van der Waals surface area contributed by atoms with Crippen LogP contribution in [0, 0.1) is 5.92 Å². The summed E-state index contributed by atoms with van der Waals surface area (Å²) in [4.78, 5) is 40.8. The van der Waals surface area contributed by atoms with Crippen molar-refractivity contribution >= 4 is 40.6 Å². The molecule has 0 saturated carbocycles. The summed E-state index contributed by atoms with van der Waals surface area (Å²) in [6.07, 6.45) is 0.759. The van der Waals surface area contributed by atoms with Crippen LogP contribution in [0.5, 0.6) is 5.75 Å². The number of aromatic nitrogens is 1. The highest BCUT2D eigenvalue weighted by molar-refractivity contribution is 7.09. The first kappa shape index (κ1) is 27.7. The third kappa shape index (κ3) is 6.45. The van der Waals surface area contributed by atoms with E-state index in [0.29, 0.717) is 23.7 Å². The van der Waals surface area contributed by atoms with E-state index in [2.05, 4.69) is 37.4 Å². The number of anilines is 2. The lowest BCUT2D eigenvalue weighted by Crippen LogP contribution is -2.44. The zero-order valence-electron chi connectivity index (χ0n) is 21.4. The number of amides is 3. The predicted octanol–water partition coefficient (Wildman–Crippen LogP) is 4.20. The molecule has 10 heteroatoms. The number of benzene rings is 2. The number of carbonyl (C=O) groups is 3. The Morgan fingerprint density at radius 2 is 1.59 bits per heavy atom. The van der Waals surface area contributed by atoms with Crippen molar-refractivity contribution in [2.45, 2.75) is 46.1 Å². The van der Waals surface area contributed by atoms with Crippen LogP contribution in [0.3, 0.4) is 0 Å². The van der Waals surface area contributed by atoms with Crippen LogP contribution in [0.4, 0.5) is 11.4 Å². The van der Waals surface area contributed by atoms with E-state index >= 15 is 0 Å². The van der Waals surface area contributed by atoms with Crippen molar-refractivity contribution in [1.29, 1.82) is 0 Å².